The number of benzene rings is 1. The van der Waals surface area contributed by atoms with Crippen molar-refractivity contribution in [3.8, 4) is 5.75 Å². The van der Waals surface area contributed by atoms with Gasteiger partial charge in [-0.2, -0.15) is 0 Å². The van der Waals surface area contributed by atoms with E-state index in [1.54, 1.807) is 12.1 Å². The molecule has 0 unspecified atom stereocenters. The van der Waals surface area contributed by atoms with Gasteiger partial charge in [0.1, 0.15) is 5.75 Å². The first-order valence-electron chi connectivity index (χ1n) is 3.96. The molecule has 1 amide bonds. The topological polar surface area (TPSA) is 58.6 Å². The maximum absolute atomic E-state index is 11.0. The summed E-state index contributed by atoms with van der Waals surface area (Å²) in [6.45, 7) is 0. The third kappa shape index (κ3) is 1.50. The molecule has 1 heterocycles. The number of amides is 1. The van der Waals surface area contributed by atoms with E-state index >= 15 is 0 Å². The minimum Gasteiger partial charge on any atom is -0.539 e. The number of fused-ring (bicyclic) bond motifs is 1. The van der Waals surface area contributed by atoms with Crippen LogP contribution in [0.25, 0.3) is 0 Å². The molecular formula is C8H8BNO3. The summed E-state index contributed by atoms with van der Waals surface area (Å²) in [5.74, 6) is 0.555. The minimum absolute atomic E-state index is 0.00357. The molecular weight excluding hydrogens is 169 g/mol. The van der Waals surface area contributed by atoms with Crippen LogP contribution in [0.2, 0.25) is 0 Å². The molecule has 1 aliphatic heterocycles. The van der Waals surface area contributed by atoms with Crippen LogP contribution in [0.4, 0.5) is 5.69 Å². The summed E-state index contributed by atoms with van der Waals surface area (Å²) < 4.78 is 4.87. The summed E-state index contributed by atoms with van der Waals surface area (Å²) in [4.78, 5) is 11.0. The highest BCUT2D eigenvalue weighted by molar-refractivity contribution is 6.17. The molecule has 66 valence electrons. The van der Waals surface area contributed by atoms with E-state index in [0.717, 1.165) is 11.3 Å². The lowest BCUT2D eigenvalue weighted by molar-refractivity contribution is -0.115. The molecule has 1 aromatic rings. The molecule has 13 heavy (non-hydrogen) atoms. The van der Waals surface area contributed by atoms with Crippen molar-refractivity contribution in [3.63, 3.8) is 0 Å². The third-order valence-electron chi connectivity index (χ3n) is 1.94. The minimum atomic E-state index is -0.354. The molecule has 0 radical (unpaired) electrons. The Balaban J connectivity index is 2.29. The predicted octanol–water partition coefficient (Wildman–Crippen LogP) is -0.181. The lowest BCUT2D eigenvalue weighted by Crippen LogP contribution is -2.04. The molecule has 0 saturated heterocycles. The summed E-state index contributed by atoms with van der Waals surface area (Å²) in [6.07, 6.45) is 0.425. The van der Waals surface area contributed by atoms with Gasteiger partial charge >= 0.3 is 7.69 Å². The number of rotatable bonds is 2. The molecule has 0 aliphatic carbocycles. The van der Waals surface area contributed by atoms with Crippen molar-refractivity contribution in [3.05, 3.63) is 23.8 Å². The lowest BCUT2D eigenvalue weighted by atomic mass is 10.1. The van der Waals surface area contributed by atoms with Gasteiger partial charge in [0.15, 0.2) is 0 Å². The summed E-state index contributed by atoms with van der Waals surface area (Å²) in [5.41, 5.74) is 1.74. The lowest BCUT2D eigenvalue weighted by Gasteiger charge is -2.03. The predicted molar refractivity (Wildman–Crippen MR) is 48.8 cm³/mol. The Morgan fingerprint density at radius 1 is 1.54 bits per heavy atom. The Morgan fingerprint density at radius 3 is 3.15 bits per heavy atom. The molecule has 0 fully saturated rings. The van der Waals surface area contributed by atoms with E-state index in [1.165, 1.54) is 0 Å². The van der Waals surface area contributed by atoms with Gasteiger partial charge in [-0.1, -0.05) is 6.07 Å². The van der Waals surface area contributed by atoms with Crippen LogP contribution in [0, 0.1) is 0 Å². The maximum Gasteiger partial charge on any atom is 0.504 e. The van der Waals surface area contributed by atoms with Gasteiger partial charge in [-0.05, 0) is 11.6 Å². The summed E-state index contributed by atoms with van der Waals surface area (Å²) in [6, 6.07) is 5.25. The van der Waals surface area contributed by atoms with Crippen LogP contribution >= 0.6 is 0 Å². The van der Waals surface area contributed by atoms with Crippen molar-refractivity contribution in [1.29, 1.82) is 0 Å². The average Bonchev–Trinajstić information content (AvgIpc) is 2.44. The Morgan fingerprint density at radius 2 is 2.38 bits per heavy atom. The second-order valence-electron chi connectivity index (χ2n) is 2.82. The maximum atomic E-state index is 11.0. The smallest absolute Gasteiger partial charge is 0.504 e. The van der Waals surface area contributed by atoms with E-state index in [1.807, 2.05) is 6.07 Å². The fraction of sp³-hybridized carbons (Fsp3) is 0.125. The van der Waals surface area contributed by atoms with Crippen molar-refractivity contribution in [2.75, 3.05) is 5.32 Å². The second-order valence-corrected chi connectivity index (χ2v) is 2.82. The van der Waals surface area contributed by atoms with Gasteiger partial charge in [-0.15, -0.1) is 0 Å². The van der Waals surface area contributed by atoms with Crippen molar-refractivity contribution in [1.82, 2.24) is 0 Å². The monoisotopic (exact) mass is 177 g/mol. The van der Waals surface area contributed by atoms with Crippen molar-refractivity contribution in [2.24, 2.45) is 0 Å². The standard InChI is InChI=1S/C8H8BNO3/c11-8-3-5-1-2-6(13-9-12)4-7(5)10-8/h1-2,4,9,12H,3H2,(H,10,11). The second kappa shape index (κ2) is 3.10. The highest BCUT2D eigenvalue weighted by atomic mass is 16.5. The van der Waals surface area contributed by atoms with Gasteiger partial charge < -0.3 is 15.0 Å². The zero-order valence-electron chi connectivity index (χ0n) is 6.91. The average molecular weight is 177 g/mol. The van der Waals surface area contributed by atoms with Crippen molar-refractivity contribution >= 4 is 19.3 Å². The molecule has 4 nitrogen and oxygen atoms in total. The molecule has 1 aliphatic rings. The normalized spacial score (nSPS) is 13.5. The third-order valence-corrected chi connectivity index (χ3v) is 1.94. The van der Waals surface area contributed by atoms with Gasteiger partial charge in [0.25, 0.3) is 0 Å². The highest BCUT2D eigenvalue weighted by Gasteiger charge is 2.17. The highest BCUT2D eigenvalue weighted by Crippen LogP contribution is 2.27. The molecule has 5 heteroatoms. The van der Waals surface area contributed by atoms with Crippen LogP contribution in [0.1, 0.15) is 5.56 Å². The zero-order valence-corrected chi connectivity index (χ0v) is 6.91. The first-order valence-corrected chi connectivity index (χ1v) is 3.96. The van der Waals surface area contributed by atoms with Crippen molar-refractivity contribution < 1.29 is 14.5 Å². The van der Waals surface area contributed by atoms with Gasteiger partial charge in [0, 0.05) is 11.8 Å². The zero-order chi connectivity index (χ0) is 9.26. The molecule has 1 aromatic carbocycles. The fourth-order valence-corrected chi connectivity index (χ4v) is 1.36. The molecule has 2 N–H and O–H groups in total. The van der Waals surface area contributed by atoms with Crippen LogP contribution in [0.3, 0.4) is 0 Å². The Labute approximate surface area is 75.8 Å². The van der Waals surface area contributed by atoms with E-state index in [9.17, 15) is 4.79 Å². The molecule has 0 spiro atoms. The van der Waals surface area contributed by atoms with Crippen LogP contribution in [-0.2, 0) is 11.2 Å². The van der Waals surface area contributed by atoms with Gasteiger partial charge in [0.2, 0.25) is 5.91 Å². The SMILES string of the molecule is O=C1Cc2ccc(OBO)cc2N1. The van der Waals surface area contributed by atoms with E-state index < -0.39 is 0 Å². The van der Waals surface area contributed by atoms with Crippen LogP contribution < -0.4 is 9.97 Å². The number of hydrogen-bond donors (Lipinski definition) is 2. The molecule has 0 bridgehead atoms. The Bertz CT molecular complexity index is 353. The van der Waals surface area contributed by atoms with Gasteiger partial charge in [-0.25, -0.2) is 0 Å². The van der Waals surface area contributed by atoms with Crippen LogP contribution in [-0.4, -0.2) is 18.6 Å². The number of nitrogens with one attached hydrogen (secondary N) is 1. The summed E-state index contributed by atoms with van der Waals surface area (Å²) in [7, 11) is -0.354. The van der Waals surface area contributed by atoms with Crippen LogP contribution in [0.15, 0.2) is 18.2 Å². The van der Waals surface area contributed by atoms with Gasteiger partial charge in [-0.3, -0.25) is 4.79 Å². The van der Waals surface area contributed by atoms with Gasteiger partial charge in [0.05, 0.1) is 6.42 Å². The fourth-order valence-electron chi connectivity index (χ4n) is 1.36. The van der Waals surface area contributed by atoms with Crippen molar-refractivity contribution in [2.45, 2.75) is 6.42 Å². The summed E-state index contributed by atoms with van der Waals surface area (Å²) >= 11 is 0. The Hall–Kier alpha value is -1.49. The summed E-state index contributed by atoms with van der Waals surface area (Å²) in [5, 5.41) is 11.2. The molecule has 0 atom stereocenters. The molecule has 0 aromatic heterocycles. The number of carbonyl (C=O) groups is 1. The largest absolute Gasteiger partial charge is 0.539 e. The number of anilines is 1. The van der Waals surface area contributed by atoms with E-state index in [2.05, 4.69) is 5.32 Å². The molecule has 0 saturated carbocycles. The first-order chi connectivity index (χ1) is 6.29. The quantitative estimate of drug-likeness (QED) is 0.616. The molecule has 2 rings (SSSR count). The number of hydrogen-bond acceptors (Lipinski definition) is 3. The number of carbonyl (C=O) groups excluding carboxylic acids is 1. The van der Waals surface area contributed by atoms with Crippen LogP contribution in [0.5, 0.6) is 5.75 Å². The van der Waals surface area contributed by atoms with E-state index in [-0.39, 0.29) is 13.6 Å². The van der Waals surface area contributed by atoms with E-state index in [0.29, 0.717) is 12.2 Å². The van der Waals surface area contributed by atoms with E-state index in [4.69, 9.17) is 9.68 Å². The first kappa shape index (κ1) is 8.13. The Kier molecular flexibility index (Phi) is 1.94.